The van der Waals surface area contributed by atoms with Gasteiger partial charge < -0.3 is 20.7 Å². The second-order valence-corrected chi connectivity index (χ2v) is 7.45. The van der Waals surface area contributed by atoms with E-state index in [4.69, 9.17) is 4.74 Å². The van der Waals surface area contributed by atoms with Crippen LogP contribution in [0.4, 0.5) is 0 Å². The number of ether oxygens (including phenoxy) is 1. The number of carbonyl (C=O) groups is 2. The second-order valence-electron chi connectivity index (χ2n) is 7.45. The van der Waals surface area contributed by atoms with Crippen LogP contribution >= 0.6 is 24.0 Å². The van der Waals surface area contributed by atoms with Crippen LogP contribution in [0.25, 0.3) is 0 Å². The molecule has 0 radical (unpaired) electrons. The van der Waals surface area contributed by atoms with E-state index < -0.39 is 0 Å². The molecule has 8 heteroatoms. The molecule has 1 saturated carbocycles. The Hall–Kier alpha value is -1.06. The summed E-state index contributed by atoms with van der Waals surface area (Å²) in [5.41, 5.74) is -0.377. The first-order chi connectivity index (χ1) is 11.8. The van der Waals surface area contributed by atoms with E-state index in [0.29, 0.717) is 25.7 Å². The summed E-state index contributed by atoms with van der Waals surface area (Å²) in [5.74, 6) is 0.720. The first-order valence-corrected chi connectivity index (χ1v) is 9.20. The Morgan fingerprint density at radius 2 is 1.65 bits per heavy atom. The number of aliphatic imine (C=N–C) groups is 1. The van der Waals surface area contributed by atoms with Crippen LogP contribution in [0.3, 0.4) is 0 Å². The van der Waals surface area contributed by atoms with Gasteiger partial charge in [0.2, 0.25) is 5.91 Å². The number of carbonyl (C=O) groups excluding carboxylic acids is 2. The van der Waals surface area contributed by atoms with E-state index >= 15 is 0 Å². The minimum absolute atomic E-state index is 0. The first-order valence-electron chi connectivity index (χ1n) is 9.20. The van der Waals surface area contributed by atoms with Crippen LogP contribution in [0.2, 0.25) is 0 Å². The third-order valence-electron chi connectivity index (χ3n) is 4.30. The maximum absolute atomic E-state index is 11.8. The Balaban J connectivity index is 0.00000625. The Kier molecular flexibility index (Phi) is 11.8. The topological polar surface area (TPSA) is 91.8 Å². The second kappa shape index (κ2) is 12.3. The van der Waals surface area contributed by atoms with Crippen LogP contribution in [0.5, 0.6) is 0 Å². The lowest BCUT2D eigenvalue weighted by Crippen LogP contribution is -2.47. The molecule has 0 heterocycles. The van der Waals surface area contributed by atoms with Gasteiger partial charge in [-0.3, -0.25) is 14.6 Å². The monoisotopic (exact) mass is 482 g/mol. The smallest absolute Gasteiger partial charge is 0.308 e. The Labute approximate surface area is 174 Å². The van der Waals surface area contributed by atoms with Crippen LogP contribution in [0, 0.1) is 11.3 Å². The number of hydrogen-bond donors (Lipinski definition) is 3. The standard InChI is InChI=1S/C18H34N4O3.HI/c1-6-25-15(23)13-7-9-14(10-8-13)22-17(19-5)21-12-11-20-16(24)18(2,3)4;/h13-14H,6-12H2,1-5H3,(H,20,24)(H2,19,21,22);1H. The van der Waals surface area contributed by atoms with Gasteiger partial charge in [0.05, 0.1) is 12.5 Å². The summed E-state index contributed by atoms with van der Waals surface area (Å²) in [6.45, 7) is 9.12. The lowest BCUT2D eigenvalue weighted by Gasteiger charge is -2.29. The molecule has 0 spiro atoms. The van der Waals surface area contributed by atoms with E-state index in [-0.39, 0.29) is 47.2 Å². The molecule has 0 atom stereocenters. The number of halogens is 1. The van der Waals surface area contributed by atoms with E-state index in [9.17, 15) is 9.59 Å². The van der Waals surface area contributed by atoms with Crippen molar-refractivity contribution in [1.29, 1.82) is 0 Å². The Bertz CT molecular complexity index is 470. The SMILES string of the molecule is CCOC(=O)C1CCC(NC(=NC)NCCNC(=O)C(C)(C)C)CC1.I. The summed E-state index contributed by atoms with van der Waals surface area (Å²) in [6, 6.07) is 0.307. The summed E-state index contributed by atoms with van der Waals surface area (Å²) < 4.78 is 5.10. The predicted molar refractivity (Wildman–Crippen MR) is 115 cm³/mol. The molecule has 0 aliphatic heterocycles. The zero-order valence-corrected chi connectivity index (χ0v) is 19.0. The van der Waals surface area contributed by atoms with Gasteiger partial charge in [0.25, 0.3) is 0 Å². The molecule has 1 aliphatic rings. The van der Waals surface area contributed by atoms with Crippen molar-refractivity contribution in [2.45, 2.75) is 59.4 Å². The fourth-order valence-corrected chi connectivity index (χ4v) is 2.74. The number of nitrogens with zero attached hydrogens (tertiary/aromatic N) is 1. The normalized spacial score (nSPS) is 20.6. The first kappa shape index (κ1) is 24.9. The molecule has 0 saturated heterocycles. The van der Waals surface area contributed by atoms with E-state index in [2.05, 4.69) is 20.9 Å². The summed E-state index contributed by atoms with van der Waals surface area (Å²) >= 11 is 0. The minimum Gasteiger partial charge on any atom is -0.466 e. The summed E-state index contributed by atoms with van der Waals surface area (Å²) in [5, 5.41) is 9.50. The average Bonchev–Trinajstić information content (AvgIpc) is 2.57. The highest BCUT2D eigenvalue weighted by Crippen LogP contribution is 2.25. The zero-order chi connectivity index (χ0) is 18.9. The predicted octanol–water partition coefficient (Wildman–Crippen LogP) is 2.05. The van der Waals surface area contributed by atoms with Crippen LogP contribution in [0.15, 0.2) is 4.99 Å². The Morgan fingerprint density at radius 3 is 2.15 bits per heavy atom. The highest BCUT2D eigenvalue weighted by atomic mass is 127. The lowest BCUT2D eigenvalue weighted by atomic mass is 9.86. The summed E-state index contributed by atoms with van der Waals surface area (Å²) in [6.07, 6.45) is 3.53. The van der Waals surface area contributed by atoms with E-state index in [1.807, 2.05) is 27.7 Å². The van der Waals surface area contributed by atoms with Crippen molar-refractivity contribution in [2.75, 3.05) is 26.7 Å². The van der Waals surface area contributed by atoms with E-state index in [1.54, 1.807) is 7.05 Å². The quantitative estimate of drug-likeness (QED) is 0.177. The molecule has 1 fully saturated rings. The number of rotatable bonds is 6. The maximum Gasteiger partial charge on any atom is 0.308 e. The van der Waals surface area contributed by atoms with Gasteiger partial charge in [0.1, 0.15) is 0 Å². The molecule has 0 bridgehead atoms. The van der Waals surface area contributed by atoms with Crippen molar-refractivity contribution >= 4 is 41.8 Å². The number of esters is 1. The van der Waals surface area contributed by atoms with Crippen LogP contribution in [-0.4, -0.2) is 50.6 Å². The van der Waals surface area contributed by atoms with Crippen molar-refractivity contribution < 1.29 is 14.3 Å². The van der Waals surface area contributed by atoms with Gasteiger partial charge in [0, 0.05) is 31.6 Å². The van der Waals surface area contributed by atoms with Crippen molar-refractivity contribution in [3.05, 3.63) is 0 Å². The number of hydrogen-bond acceptors (Lipinski definition) is 4. The molecule has 1 rings (SSSR count). The largest absolute Gasteiger partial charge is 0.466 e. The molecule has 26 heavy (non-hydrogen) atoms. The third kappa shape index (κ3) is 9.05. The number of nitrogens with one attached hydrogen (secondary N) is 3. The van der Waals surface area contributed by atoms with Gasteiger partial charge in [-0.05, 0) is 32.6 Å². The molecule has 152 valence electrons. The van der Waals surface area contributed by atoms with Gasteiger partial charge in [-0.2, -0.15) is 0 Å². The number of guanidine groups is 1. The molecule has 0 aromatic carbocycles. The van der Waals surface area contributed by atoms with Crippen LogP contribution in [0.1, 0.15) is 53.4 Å². The molecule has 0 aromatic heterocycles. The molecule has 1 aliphatic carbocycles. The molecule has 0 unspecified atom stereocenters. The van der Waals surface area contributed by atoms with Gasteiger partial charge >= 0.3 is 5.97 Å². The minimum atomic E-state index is -0.377. The highest BCUT2D eigenvalue weighted by molar-refractivity contribution is 14.0. The van der Waals surface area contributed by atoms with E-state index in [1.165, 1.54) is 0 Å². The van der Waals surface area contributed by atoms with Crippen LogP contribution < -0.4 is 16.0 Å². The van der Waals surface area contributed by atoms with Gasteiger partial charge in [0.15, 0.2) is 5.96 Å². The third-order valence-corrected chi connectivity index (χ3v) is 4.30. The summed E-state index contributed by atoms with van der Waals surface area (Å²) in [7, 11) is 1.73. The molecule has 7 nitrogen and oxygen atoms in total. The van der Waals surface area contributed by atoms with Crippen molar-refractivity contribution in [1.82, 2.24) is 16.0 Å². The fraction of sp³-hybridized carbons (Fsp3) is 0.833. The van der Waals surface area contributed by atoms with Gasteiger partial charge in [-0.1, -0.05) is 20.8 Å². The molecule has 1 amide bonds. The molecule has 3 N–H and O–H groups in total. The fourth-order valence-electron chi connectivity index (χ4n) is 2.74. The van der Waals surface area contributed by atoms with Crippen LogP contribution in [-0.2, 0) is 14.3 Å². The van der Waals surface area contributed by atoms with Crippen molar-refractivity contribution in [2.24, 2.45) is 16.3 Å². The van der Waals surface area contributed by atoms with Crippen molar-refractivity contribution in [3.8, 4) is 0 Å². The molecule has 0 aromatic rings. The zero-order valence-electron chi connectivity index (χ0n) is 16.7. The van der Waals surface area contributed by atoms with E-state index in [0.717, 1.165) is 31.6 Å². The Morgan fingerprint density at radius 1 is 1.08 bits per heavy atom. The lowest BCUT2D eigenvalue weighted by molar-refractivity contribution is -0.149. The van der Waals surface area contributed by atoms with Gasteiger partial charge in [-0.15, -0.1) is 24.0 Å². The summed E-state index contributed by atoms with van der Waals surface area (Å²) in [4.78, 5) is 27.8. The highest BCUT2D eigenvalue weighted by Gasteiger charge is 2.27. The molecular weight excluding hydrogens is 447 g/mol. The average molecular weight is 482 g/mol. The van der Waals surface area contributed by atoms with Crippen molar-refractivity contribution in [3.63, 3.8) is 0 Å². The van der Waals surface area contributed by atoms with Gasteiger partial charge in [-0.25, -0.2) is 0 Å². The maximum atomic E-state index is 11.8. The molecular formula is C18H35IN4O3. The number of amides is 1.